The summed E-state index contributed by atoms with van der Waals surface area (Å²) >= 11 is 0. The zero-order valence-corrected chi connectivity index (χ0v) is 22.8. The van der Waals surface area contributed by atoms with Gasteiger partial charge in [0.1, 0.15) is 18.7 Å². The van der Waals surface area contributed by atoms with Crippen molar-refractivity contribution < 1.29 is 18.0 Å². The fourth-order valence-electron chi connectivity index (χ4n) is 5.21. The molecule has 1 aliphatic heterocycles. The molecule has 10 heteroatoms. The van der Waals surface area contributed by atoms with E-state index in [-0.39, 0.29) is 17.4 Å². The molecule has 0 radical (unpaired) electrons. The summed E-state index contributed by atoms with van der Waals surface area (Å²) in [5.41, 5.74) is 0.899. The largest absolute Gasteiger partial charge is 0.361 e. The summed E-state index contributed by atoms with van der Waals surface area (Å²) in [5, 5.41) is 5.27. The van der Waals surface area contributed by atoms with E-state index in [2.05, 4.69) is 9.82 Å². The highest BCUT2D eigenvalue weighted by Crippen LogP contribution is 2.26. The normalized spacial score (nSPS) is 17.7. The Morgan fingerprint density at radius 3 is 2.56 bits per heavy atom. The highest BCUT2D eigenvalue weighted by Gasteiger charge is 2.36. The Bertz CT molecular complexity index is 1410. The number of fused-ring (bicyclic) bond motifs is 1. The number of benzene rings is 3. The standard InChI is InChI=1S/C29H35N5O4S/c1-33(18-22-8-3-2-4-9-22)29(36)28(26(20-35)16-23-10-7-15-34(19-23)21-31-30)32-39(37,38)27-14-13-24-11-5-6-12-25(24)17-27/h2-6,8-9,11-14,17,20-21,23,26,28,32H,7,10,15-16,18-19,30H2,1H3/t23?,26-,28-/m1/s1. The first-order chi connectivity index (χ1) is 18.8. The number of rotatable bonds is 11. The van der Waals surface area contributed by atoms with Gasteiger partial charge in [0, 0.05) is 32.6 Å². The fraction of sp³-hybridized carbons (Fsp3) is 0.345. The van der Waals surface area contributed by atoms with Crippen LogP contribution in [0.15, 0.2) is 82.8 Å². The van der Waals surface area contributed by atoms with Crippen LogP contribution in [0.4, 0.5) is 0 Å². The van der Waals surface area contributed by atoms with Gasteiger partial charge in [0.15, 0.2) is 0 Å². The lowest BCUT2D eigenvalue weighted by atomic mass is 9.85. The molecule has 3 atom stereocenters. The monoisotopic (exact) mass is 549 g/mol. The molecule has 3 aromatic carbocycles. The molecule has 1 amide bonds. The Morgan fingerprint density at radius 1 is 1.13 bits per heavy atom. The maximum Gasteiger partial charge on any atom is 0.241 e. The maximum absolute atomic E-state index is 13.8. The van der Waals surface area contributed by atoms with E-state index < -0.39 is 27.9 Å². The number of hydrogen-bond donors (Lipinski definition) is 2. The van der Waals surface area contributed by atoms with Gasteiger partial charge in [-0.2, -0.15) is 9.82 Å². The van der Waals surface area contributed by atoms with Gasteiger partial charge < -0.3 is 20.4 Å². The number of hydrogen-bond acceptors (Lipinski definition) is 6. The third-order valence-corrected chi connectivity index (χ3v) is 8.65. The molecule has 0 spiro atoms. The lowest BCUT2D eigenvalue weighted by Gasteiger charge is -2.34. The number of piperidine rings is 1. The van der Waals surface area contributed by atoms with E-state index in [9.17, 15) is 18.0 Å². The van der Waals surface area contributed by atoms with Crippen molar-refractivity contribution in [2.75, 3.05) is 20.1 Å². The summed E-state index contributed by atoms with van der Waals surface area (Å²) in [5.74, 6) is 4.08. The molecule has 39 heavy (non-hydrogen) atoms. The first kappa shape index (κ1) is 28.3. The number of nitrogens with two attached hydrogens (primary N) is 1. The number of amides is 1. The first-order valence-electron chi connectivity index (χ1n) is 13.0. The number of nitrogens with one attached hydrogen (secondary N) is 1. The SMILES string of the molecule is CN(Cc1ccccc1)C(=O)[C@H](NS(=O)(=O)c1ccc2ccccc2c1)[C@@H](C=O)CC1CCCN(C=NN)C1. The van der Waals surface area contributed by atoms with Gasteiger partial charge in [-0.3, -0.25) is 4.79 Å². The molecule has 1 saturated heterocycles. The quantitative estimate of drug-likeness (QED) is 0.125. The summed E-state index contributed by atoms with van der Waals surface area (Å²) in [6, 6.07) is 20.4. The summed E-state index contributed by atoms with van der Waals surface area (Å²) in [4.78, 5) is 29.7. The van der Waals surface area contributed by atoms with Crippen molar-refractivity contribution >= 4 is 39.3 Å². The lowest BCUT2D eigenvalue weighted by molar-refractivity contribution is -0.135. The van der Waals surface area contributed by atoms with Crippen LogP contribution in [-0.2, 0) is 26.2 Å². The highest BCUT2D eigenvalue weighted by molar-refractivity contribution is 7.89. The van der Waals surface area contributed by atoms with E-state index in [0.29, 0.717) is 19.3 Å². The van der Waals surface area contributed by atoms with Gasteiger partial charge in [0.2, 0.25) is 15.9 Å². The fourth-order valence-corrected chi connectivity index (χ4v) is 6.48. The van der Waals surface area contributed by atoms with Crippen LogP contribution in [0.5, 0.6) is 0 Å². The Hall–Kier alpha value is -3.76. The molecule has 1 fully saturated rings. The van der Waals surface area contributed by atoms with Crippen LogP contribution in [0.2, 0.25) is 0 Å². The molecule has 3 N–H and O–H groups in total. The predicted octanol–water partition coefficient (Wildman–Crippen LogP) is 2.96. The molecule has 9 nitrogen and oxygen atoms in total. The van der Waals surface area contributed by atoms with Gasteiger partial charge in [0.25, 0.3) is 0 Å². The third kappa shape index (κ3) is 7.21. The van der Waals surface area contributed by atoms with E-state index in [1.807, 2.05) is 59.5 Å². The van der Waals surface area contributed by atoms with Crippen LogP contribution in [0, 0.1) is 11.8 Å². The molecule has 0 saturated carbocycles. The molecule has 0 aliphatic carbocycles. The first-order valence-corrected chi connectivity index (χ1v) is 14.5. The summed E-state index contributed by atoms with van der Waals surface area (Å²) in [6.45, 7) is 1.71. The van der Waals surface area contributed by atoms with E-state index in [1.165, 1.54) is 11.0 Å². The molecular formula is C29H35N5O4S. The Kier molecular flexibility index (Phi) is 9.32. The summed E-state index contributed by atoms with van der Waals surface area (Å²) in [7, 11) is -2.50. The molecule has 3 aromatic rings. The summed E-state index contributed by atoms with van der Waals surface area (Å²) < 4.78 is 29.8. The van der Waals surface area contributed by atoms with Gasteiger partial charge in [0.05, 0.1) is 4.90 Å². The number of hydrazone groups is 1. The average Bonchev–Trinajstić information content (AvgIpc) is 2.95. The van der Waals surface area contributed by atoms with Gasteiger partial charge in [-0.15, -0.1) is 0 Å². The molecule has 0 aromatic heterocycles. The lowest BCUT2D eigenvalue weighted by Crippen LogP contribution is -2.52. The second-order valence-corrected chi connectivity index (χ2v) is 11.8. The summed E-state index contributed by atoms with van der Waals surface area (Å²) in [6.07, 6.45) is 4.38. The molecular weight excluding hydrogens is 514 g/mol. The van der Waals surface area contributed by atoms with Crippen LogP contribution in [-0.4, -0.2) is 62.9 Å². The molecule has 0 bridgehead atoms. The molecule has 206 valence electrons. The van der Waals surface area contributed by atoms with E-state index in [0.717, 1.165) is 35.7 Å². The number of sulfonamides is 1. The Labute approximate surface area is 229 Å². The number of nitrogens with zero attached hydrogens (tertiary/aromatic N) is 3. The predicted molar refractivity (Wildman–Crippen MR) is 152 cm³/mol. The second kappa shape index (κ2) is 12.9. The van der Waals surface area contributed by atoms with Crippen LogP contribution < -0.4 is 10.6 Å². The van der Waals surface area contributed by atoms with E-state index in [1.54, 1.807) is 25.5 Å². The second-order valence-electron chi connectivity index (χ2n) is 10.1. The van der Waals surface area contributed by atoms with Crippen molar-refractivity contribution in [2.45, 2.75) is 36.7 Å². The van der Waals surface area contributed by atoms with E-state index >= 15 is 0 Å². The number of likely N-dealkylation sites (N-methyl/N-ethyl adjacent to an activating group) is 1. The minimum Gasteiger partial charge on any atom is -0.361 e. The van der Waals surface area contributed by atoms with Crippen LogP contribution in [0.3, 0.4) is 0 Å². The zero-order chi connectivity index (χ0) is 27.8. The third-order valence-electron chi connectivity index (χ3n) is 7.21. The van der Waals surface area contributed by atoms with E-state index in [4.69, 9.17) is 5.84 Å². The Morgan fingerprint density at radius 2 is 1.85 bits per heavy atom. The smallest absolute Gasteiger partial charge is 0.241 e. The zero-order valence-electron chi connectivity index (χ0n) is 22.0. The minimum atomic E-state index is -4.12. The molecule has 1 heterocycles. The van der Waals surface area contributed by atoms with Crippen molar-refractivity contribution in [2.24, 2.45) is 22.8 Å². The number of aldehydes is 1. The molecule has 1 unspecified atom stereocenters. The van der Waals surface area contributed by atoms with Crippen LogP contribution >= 0.6 is 0 Å². The van der Waals surface area contributed by atoms with Gasteiger partial charge in [-0.05, 0) is 53.6 Å². The van der Waals surface area contributed by atoms with Crippen molar-refractivity contribution in [1.29, 1.82) is 0 Å². The number of likely N-dealkylation sites (tertiary alicyclic amines) is 1. The highest BCUT2D eigenvalue weighted by atomic mass is 32.2. The molecule has 4 rings (SSSR count). The van der Waals surface area contributed by atoms with Crippen LogP contribution in [0.25, 0.3) is 10.8 Å². The number of carbonyl (C=O) groups excluding carboxylic acids is 2. The average molecular weight is 550 g/mol. The maximum atomic E-state index is 13.8. The van der Waals surface area contributed by atoms with Crippen molar-refractivity contribution in [3.05, 3.63) is 78.4 Å². The number of carbonyl (C=O) groups is 2. The van der Waals surface area contributed by atoms with Gasteiger partial charge in [-0.25, -0.2) is 8.42 Å². The topological polar surface area (TPSA) is 125 Å². The van der Waals surface area contributed by atoms with Gasteiger partial charge in [-0.1, -0.05) is 60.7 Å². The van der Waals surface area contributed by atoms with Gasteiger partial charge >= 0.3 is 0 Å². The van der Waals surface area contributed by atoms with Crippen molar-refractivity contribution in [1.82, 2.24) is 14.5 Å². The Balaban J connectivity index is 1.61. The molecule has 1 aliphatic rings. The van der Waals surface area contributed by atoms with Crippen molar-refractivity contribution in [3.8, 4) is 0 Å². The minimum absolute atomic E-state index is 0.0392. The van der Waals surface area contributed by atoms with Crippen molar-refractivity contribution in [3.63, 3.8) is 0 Å². The van der Waals surface area contributed by atoms with Crippen LogP contribution in [0.1, 0.15) is 24.8 Å².